The van der Waals surface area contributed by atoms with Crippen molar-refractivity contribution in [1.82, 2.24) is 9.55 Å². The number of imidazole rings is 1. The standard InChI is InChI=1S/C19H26N2O2/c1-14-11-15(2)17(4)18(16(14)3)5-6-19(22-9-10-23-19)12-21-8-7-20-13-21/h7-8,11,13H,5-6,9-10,12H2,1-4H3. The second-order valence-electron chi connectivity index (χ2n) is 6.58. The predicted octanol–water partition coefficient (Wildman–Crippen LogP) is 3.49. The van der Waals surface area contributed by atoms with Gasteiger partial charge in [-0.05, 0) is 61.9 Å². The summed E-state index contributed by atoms with van der Waals surface area (Å²) in [5, 5.41) is 0. The van der Waals surface area contributed by atoms with Gasteiger partial charge in [0, 0.05) is 18.8 Å². The monoisotopic (exact) mass is 314 g/mol. The molecule has 2 heterocycles. The highest BCUT2D eigenvalue weighted by atomic mass is 16.7. The van der Waals surface area contributed by atoms with Crippen molar-refractivity contribution >= 4 is 0 Å². The number of hydrogen-bond donors (Lipinski definition) is 0. The molecule has 2 aromatic rings. The maximum absolute atomic E-state index is 6.01. The first kappa shape index (κ1) is 16.2. The molecule has 1 aromatic carbocycles. The Kier molecular flexibility index (Phi) is 4.55. The summed E-state index contributed by atoms with van der Waals surface area (Å²) < 4.78 is 14.0. The Bertz CT molecular complexity index is 645. The second-order valence-corrected chi connectivity index (χ2v) is 6.58. The van der Waals surface area contributed by atoms with E-state index in [4.69, 9.17) is 9.47 Å². The van der Waals surface area contributed by atoms with E-state index in [0.717, 1.165) is 12.8 Å². The van der Waals surface area contributed by atoms with E-state index in [9.17, 15) is 0 Å². The summed E-state index contributed by atoms with van der Waals surface area (Å²) in [6.45, 7) is 10.8. The first-order valence-corrected chi connectivity index (χ1v) is 8.31. The molecule has 3 rings (SSSR count). The lowest BCUT2D eigenvalue weighted by Gasteiger charge is -2.28. The average Bonchev–Trinajstić information content (AvgIpc) is 3.18. The lowest BCUT2D eigenvalue weighted by atomic mass is 9.90. The van der Waals surface area contributed by atoms with Gasteiger partial charge in [0.1, 0.15) is 0 Å². The zero-order chi connectivity index (χ0) is 16.4. The predicted molar refractivity (Wildman–Crippen MR) is 90.6 cm³/mol. The summed E-state index contributed by atoms with van der Waals surface area (Å²) in [6, 6.07) is 2.28. The van der Waals surface area contributed by atoms with Crippen LogP contribution in [0.3, 0.4) is 0 Å². The molecule has 23 heavy (non-hydrogen) atoms. The van der Waals surface area contributed by atoms with E-state index in [0.29, 0.717) is 19.8 Å². The van der Waals surface area contributed by atoms with Crippen molar-refractivity contribution in [3.8, 4) is 0 Å². The summed E-state index contributed by atoms with van der Waals surface area (Å²) in [4.78, 5) is 4.12. The summed E-state index contributed by atoms with van der Waals surface area (Å²) in [5.74, 6) is -0.531. The molecule has 4 heteroatoms. The van der Waals surface area contributed by atoms with Crippen LogP contribution in [0.2, 0.25) is 0 Å². The third kappa shape index (κ3) is 3.33. The zero-order valence-electron chi connectivity index (χ0n) is 14.6. The summed E-state index contributed by atoms with van der Waals surface area (Å²) in [7, 11) is 0. The number of rotatable bonds is 5. The molecule has 1 saturated heterocycles. The summed E-state index contributed by atoms with van der Waals surface area (Å²) in [6.07, 6.45) is 7.39. The molecule has 0 bridgehead atoms. The van der Waals surface area contributed by atoms with Crippen molar-refractivity contribution in [1.29, 1.82) is 0 Å². The SMILES string of the molecule is Cc1cc(C)c(C)c(CCC2(Cn3ccnc3)OCCO2)c1C. The molecule has 0 saturated carbocycles. The molecule has 0 aliphatic carbocycles. The van der Waals surface area contributed by atoms with Crippen LogP contribution in [0.5, 0.6) is 0 Å². The fourth-order valence-electron chi connectivity index (χ4n) is 3.46. The molecule has 0 amide bonds. The minimum atomic E-state index is -0.531. The van der Waals surface area contributed by atoms with Crippen LogP contribution in [-0.4, -0.2) is 28.6 Å². The Morgan fingerprint density at radius 2 is 1.74 bits per heavy atom. The van der Waals surface area contributed by atoms with Crippen LogP contribution >= 0.6 is 0 Å². The molecule has 0 atom stereocenters. The van der Waals surface area contributed by atoms with E-state index in [-0.39, 0.29) is 0 Å². The zero-order valence-corrected chi connectivity index (χ0v) is 14.6. The van der Waals surface area contributed by atoms with Gasteiger partial charge >= 0.3 is 0 Å². The number of aryl methyl sites for hydroxylation is 2. The van der Waals surface area contributed by atoms with E-state index in [1.807, 2.05) is 17.1 Å². The van der Waals surface area contributed by atoms with Crippen molar-refractivity contribution in [3.63, 3.8) is 0 Å². The molecule has 0 radical (unpaired) electrons. The Balaban J connectivity index is 1.80. The quantitative estimate of drug-likeness (QED) is 0.847. The van der Waals surface area contributed by atoms with Gasteiger partial charge in [-0.25, -0.2) is 4.98 Å². The second kappa shape index (κ2) is 6.46. The van der Waals surface area contributed by atoms with Gasteiger partial charge in [-0.15, -0.1) is 0 Å². The van der Waals surface area contributed by atoms with Crippen molar-refractivity contribution in [3.05, 3.63) is 52.6 Å². The Morgan fingerprint density at radius 1 is 1.09 bits per heavy atom. The van der Waals surface area contributed by atoms with E-state index < -0.39 is 5.79 Å². The lowest BCUT2D eigenvalue weighted by molar-refractivity contribution is -0.171. The van der Waals surface area contributed by atoms with Crippen LogP contribution < -0.4 is 0 Å². The molecule has 124 valence electrons. The van der Waals surface area contributed by atoms with Gasteiger partial charge in [-0.2, -0.15) is 0 Å². The molecule has 1 aliphatic rings. The fourth-order valence-corrected chi connectivity index (χ4v) is 3.46. The van der Waals surface area contributed by atoms with Crippen LogP contribution in [0.25, 0.3) is 0 Å². The third-order valence-electron chi connectivity index (χ3n) is 5.07. The lowest BCUT2D eigenvalue weighted by Crippen LogP contribution is -2.36. The number of hydrogen-bond acceptors (Lipinski definition) is 3. The van der Waals surface area contributed by atoms with Gasteiger partial charge in [0.05, 0.1) is 26.1 Å². The Hall–Kier alpha value is -1.65. The van der Waals surface area contributed by atoms with Gasteiger partial charge < -0.3 is 14.0 Å². The molecular weight excluding hydrogens is 288 g/mol. The van der Waals surface area contributed by atoms with E-state index in [1.54, 1.807) is 6.20 Å². The van der Waals surface area contributed by atoms with Crippen molar-refractivity contribution in [2.75, 3.05) is 13.2 Å². The largest absolute Gasteiger partial charge is 0.346 e. The number of ether oxygens (including phenoxy) is 2. The molecule has 0 spiro atoms. The molecule has 4 nitrogen and oxygen atoms in total. The fraction of sp³-hybridized carbons (Fsp3) is 0.526. The van der Waals surface area contributed by atoms with Crippen LogP contribution in [0.1, 0.15) is 34.2 Å². The topological polar surface area (TPSA) is 36.3 Å². The highest BCUT2D eigenvalue weighted by Crippen LogP contribution is 2.30. The molecule has 1 fully saturated rings. The first-order valence-electron chi connectivity index (χ1n) is 8.31. The van der Waals surface area contributed by atoms with Gasteiger partial charge in [0.15, 0.2) is 5.79 Å². The van der Waals surface area contributed by atoms with Crippen molar-refractivity contribution in [2.45, 2.75) is 52.9 Å². The van der Waals surface area contributed by atoms with Crippen LogP contribution in [0.4, 0.5) is 0 Å². The first-order chi connectivity index (χ1) is 11.0. The highest BCUT2D eigenvalue weighted by molar-refractivity contribution is 5.44. The highest BCUT2D eigenvalue weighted by Gasteiger charge is 2.36. The average molecular weight is 314 g/mol. The van der Waals surface area contributed by atoms with E-state index in [1.165, 1.54) is 27.8 Å². The number of benzene rings is 1. The maximum atomic E-state index is 6.01. The normalized spacial score (nSPS) is 16.9. The Labute approximate surface area is 138 Å². The molecule has 1 aromatic heterocycles. The molecule has 1 aliphatic heterocycles. The Morgan fingerprint density at radius 3 is 2.30 bits per heavy atom. The summed E-state index contributed by atoms with van der Waals surface area (Å²) >= 11 is 0. The van der Waals surface area contributed by atoms with E-state index in [2.05, 4.69) is 38.7 Å². The third-order valence-corrected chi connectivity index (χ3v) is 5.07. The van der Waals surface area contributed by atoms with E-state index >= 15 is 0 Å². The van der Waals surface area contributed by atoms with Gasteiger partial charge in [-0.3, -0.25) is 0 Å². The van der Waals surface area contributed by atoms with Gasteiger partial charge in [0.2, 0.25) is 0 Å². The maximum Gasteiger partial charge on any atom is 0.186 e. The van der Waals surface area contributed by atoms with Gasteiger partial charge in [-0.1, -0.05) is 6.07 Å². The van der Waals surface area contributed by atoms with Crippen molar-refractivity contribution < 1.29 is 9.47 Å². The molecule has 0 unspecified atom stereocenters. The summed E-state index contributed by atoms with van der Waals surface area (Å²) in [5.41, 5.74) is 6.94. The number of nitrogens with zero attached hydrogens (tertiary/aromatic N) is 2. The van der Waals surface area contributed by atoms with Crippen LogP contribution in [0, 0.1) is 27.7 Å². The van der Waals surface area contributed by atoms with Crippen molar-refractivity contribution in [2.24, 2.45) is 0 Å². The number of aromatic nitrogens is 2. The van der Waals surface area contributed by atoms with Crippen LogP contribution in [0.15, 0.2) is 24.8 Å². The minimum absolute atomic E-state index is 0.531. The molecule has 0 N–H and O–H groups in total. The van der Waals surface area contributed by atoms with Gasteiger partial charge in [0.25, 0.3) is 0 Å². The smallest absolute Gasteiger partial charge is 0.186 e. The molecular formula is C19H26N2O2. The minimum Gasteiger partial charge on any atom is -0.346 e. The van der Waals surface area contributed by atoms with Crippen LogP contribution in [-0.2, 0) is 22.4 Å².